The molecule has 0 spiro atoms. The van der Waals surface area contributed by atoms with Gasteiger partial charge in [0.25, 0.3) is 0 Å². The molecule has 0 aromatic rings. The van der Waals surface area contributed by atoms with Crippen LogP contribution in [0.1, 0.15) is 0 Å². The summed E-state index contributed by atoms with van der Waals surface area (Å²) < 4.78 is 0. The lowest BCUT2D eigenvalue weighted by atomic mass is 10.6. The van der Waals surface area contributed by atoms with Gasteiger partial charge in [0.1, 0.15) is 0 Å². The second-order valence-electron chi connectivity index (χ2n) is 6.37. The maximum atomic E-state index is 6.01. The Balaban J connectivity index is 6.53. The minimum absolute atomic E-state index is 0.565. The lowest BCUT2D eigenvalue weighted by Gasteiger charge is -2.43. The molecule has 0 radical (unpaired) electrons. The zero-order valence-corrected chi connectivity index (χ0v) is 17.3. The summed E-state index contributed by atoms with van der Waals surface area (Å²) in [6.07, 6.45) is 14.7. The van der Waals surface area contributed by atoms with E-state index in [-0.39, 0.29) is 0 Å². The van der Waals surface area contributed by atoms with E-state index in [1.165, 1.54) is 0 Å². The van der Waals surface area contributed by atoms with Crippen LogP contribution in [-0.4, -0.2) is 22.7 Å². The van der Waals surface area contributed by atoms with E-state index < -0.39 is 16.1 Å². The second kappa shape index (κ2) is 12.0. The fourth-order valence-electron chi connectivity index (χ4n) is 3.93. The Morgan fingerprint density at radius 2 is 0.833 bits per heavy atom. The van der Waals surface area contributed by atoms with E-state index in [1.54, 1.807) is 4.82 Å². The number of allylic oxidation sites excluding steroid dienone is 6. The standard InChI is InChI=1S/C21H35NSi2/c1-7-15-23(16-8-2,17-9-3)21(13-14-22)24(18-10-4,19-11-5)20-12-6/h7-13H,1-6,14-20,22H2. The molecule has 2 N–H and O–H groups in total. The van der Waals surface area contributed by atoms with Crippen molar-refractivity contribution < 1.29 is 0 Å². The van der Waals surface area contributed by atoms with Crippen molar-refractivity contribution in [3.63, 3.8) is 0 Å². The van der Waals surface area contributed by atoms with Gasteiger partial charge >= 0.3 is 0 Å². The summed E-state index contributed by atoms with van der Waals surface area (Å²) in [6.45, 7) is 24.8. The van der Waals surface area contributed by atoms with Crippen LogP contribution in [0, 0.1) is 0 Å². The third kappa shape index (κ3) is 5.58. The van der Waals surface area contributed by atoms with Gasteiger partial charge in [-0.1, -0.05) is 47.4 Å². The lowest BCUT2D eigenvalue weighted by Crippen LogP contribution is -2.50. The topological polar surface area (TPSA) is 26.0 Å². The second-order valence-corrected chi connectivity index (χ2v) is 15.5. The summed E-state index contributed by atoms with van der Waals surface area (Å²) in [5.41, 5.74) is 6.01. The molecule has 0 saturated carbocycles. The first-order valence-corrected chi connectivity index (χ1v) is 13.9. The van der Waals surface area contributed by atoms with Crippen LogP contribution in [0.3, 0.4) is 0 Å². The van der Waals surface area contributed by atoms with E-state index in [1.807, 2.05) is 0 Å². The minimum Gasteiger partial charge on any atom is -0.327 e. The first-order valence-electron chi connectivity index (χ1n) is 8.63. The summed E-state index contributed by atoms with van der Waals surface area (Å²) in [5.74, 6) is 0. The molecule has 0 aliphatic carbocycles. The first-order chi connectivity index (χ1) is 11.6. The summed E-state index contributed by atoms with van der Waals surface area (Å²) in [7, 11) is -3.70. The quantitative estimate of drug-likeness (QED) is 0.284. The van der Waals surface area contributed by atoms with Crippen LogP contribution in [-0.2, 0) is 0 Å². The highest BCUT2D eigenvalue weighted by Gasteiger charge is 2.45. The number of hydrogen-bond donors (Lipinski definition) is 1. The smallest absolute Gasteiger partial charge is 0.0880 e. The van der Waals surface area contributed by atoms with E-state index in [9.17, 15) is 0 Å². The van der Waals surface area contributed by atoms with Crippen molar-refractivity contribution in [1.29, 1.82) is 0 Å². The third-order valence-electron chi connectivity index (χ3n) is 4.68. The maximum absolute atomic E-state index is 6.01. The SMILES string of the molecule is C=CC[Si](CC=C)(CC=C)C(=CCN)[Si](CC=C)(CC=C)CC=C. The van der Waals surface area contributed by atoms with E-state index in [0.29, 0.717) is 6.54 Å². The largest absolute Gasteiger partial charge is 0.327 e. The van der Waals surface area contributed by atoms with Crippen LogP contribution in [0.5, 0.6) is 0 Å². The Hall–Kier alpha value is -1.43. The van der Waals surface area contributed by atoms with Gasteiger partial charge in [-0.05, 0) is 36.3 Å². The molecule has 0 aliphatic heterocycles. The number of hydrogen-bond acceptors (Lipinski definition) is 1. The molecule has 24 heavy (non-hydrogen) atoms. The van der Waals surface area contributed by atoms with Gasteiger partial charge in [0.05, 0.1) is 16.1 Å². The Morgan fingerprint density at radius 1 is 0.583 bits per heavy atom. The van der Waals surface area contributed by atoms with Gasteiger partial charge in [0.15, 0.2) is 0 Å². The van der Waals surface area contributed by atoms with E-state index in [4.69, 9.17) is 5.73 Å². The molecule has 0 heterocycles. The average molecular weight is 358 g/mol. The summed E-state index contributed by atoms with van der Waals surface area (Å²) in [4.78, 5) is 1.61. The molecule has 132 valence electrons. The average Bonchev–Trinajstić information content (AvgIpc) is 2.54. The van der Waals surface area contributed by atoms with Crippen LogP contribution < -0.4 is 5.73 Å². The molecule has 0 unspecified atom stereocenters. The molecule has 0 amide bonds. The van der Waals surface area contributed by atoms with E-state index >= 15 is 0 Å². The molecule has 3 heteroatoms. The van der Waals surface area contributed by atoms with Crippen LogP contribution in [0.25, 0.3) is 0 Å². The Bertz CT molecular complexity index is 395. The molecular formula is C21H35NSi2. The normalized spacial score (nSPS) is 11.2. The summed E-state index contributed by atoms with van der Waals surface area (Å²) in [5, 5.41) is 0. The van der Waals surface area contributed by atoms with Crippen molar-refractivity contribution >= 4 is 16.1 Å². The minimum atomic E-state index is -1.85. The molecule has 0 rings (SSSR count). The lowest BCUT2D eigenvalue weighted by molar-refractivity contribution is 1.22. The molecule has 0 saturated heterocycles. The van der Waals surface area contributed by atoms with Crippen molar-refractivity contribution in [3.05, 3.63) is 86.8 Å². The van der Waals surface area contributed by atoms with Crippen LogP contribution in [0.4, 0.5) is 0 Å². The van der Waals surface area contributed by atoms with Gasteiger partial charge in [-0.15, -0.1) is 39.5 Å². The van der Waals surface area contributed by atoms with Crippen molar-refractivity contribution in [3.8, 4) is 0 Å². The molecule has 0 aromatic carbocycles. The van der Waals surface area contributed by atoms with Crippen molar-refractivity contribution in [1.82, 2.24) is 0 Å². The highest BCUT2D eigenvalue weighted by Crippen LogP contribution is 2.42. The predicted molar refractivity (Wildman–Crippen MR) is 119 cm³/mol. The van der Waals surface area contributed by atoms with E-state index in [2.05, 4.69) is 82.0 Å². The Kier molecular flexibility index (Phi) is 11.3. The van der Waals surface area contributed by atoms with Gasteiger partial charge < -0.3 is 5.73 Å². The van der Waals surface area contributed by atoms with Crippen molar-refractivity contribution in [2.75, 3.05) is 6.54 Å². The summed E-state index contributed by atoms with van der Waals surface area (Å²) in [6, 6.07) is 6.15. The van der Waals surface area contributed by atoms with Gasteiger partial charge in [-0.25, -0.2) is 0 Å². The fraction of sp³-hybridized carbons (Fsp3) is 0.333. The number of rotatable bonds is 15. The zero-order valence-electron chi connectivity index (χ0n) is 15.3. The molecule has 0 fully saturated rings. The van der Waals surface area contributed by atoms with Gasteiger partial charge in [-0.3, -0.25) is 0 Å². The maximum Gasteiger partial charge on any atom is 0.0880 e. The van der Waals surface area contributed by atoms with Crippen molar-refractivity contribution in [2.45, 2.75) is 36.3 Å². The molecule has 0 bridgehead atoms. The zero-order chi connectivity index (χ0) is 18.5. The Morgan fingerprint density at radius 3 is 1.00 bits per heavy atom. The summed E-state index contributed by atoms with van der Waals surface area (Å²) >= 11 is 0. The third-order valence-corrected chi connectivity index (χ3v) is 17.0. The number of nitrogens with two attached hydrogens (primary N) is 1. The van der Waals surface area contributed by atoms with Gasteiger partial charge in [0, 0.05) is 6.54 Å². The van der Waals surface area contributed by atoms with Crippen LogP contribution >= 0.6 is 0 Å². The van der Waals surface area contributed by atoms with E-state index in [0.717, 1.165) is 36.3 Å². The molecule has 1 nitrogen and oxygen atoms in total. The highest BCUT2D eigenvalue weighted by molar-refractivity contribution is 7.08. The highest BCUT2D eigenvalue weighted by atomic mass is 28.4. The fourth-order valence-corrected chi connectivity index (χ4v) is 17.0. The Labute approximate surface area is 151 Å². The molecule has 0 aromatic heterocycles. The molecule has 0 aliphatic rings. The predicted octanol–water partition coefficient (Wildman–Crippen LogP) is 5.96. The molecule has 0 atom stereocenters. The van der Waals surface area contributed by atoms with Gasteiger partial charge in [0.2, 0.25) is 0 Å². The van der Waals surface area contributed by atoms with Crippen LogP contribution in [0.2, 0.25) is 36.3 Å². The van der Waals surface area contributed by atoms with Crippen LogP contribution in [0.15, 0.2) is 86.8 Å². The van der Waals surface area contributed by atoms with Gasteiger partial charge in [-0.2, -0.15) is 0 Å². The van der Waals surface area contributed by atoms with Crippen molar-refractivity contribution in [2.24, 2.45) is 5.73 Å². The molecular weight excluding hydrogens is 322 g/mol. The first kappa shape index (κ1) is 22.6. The monoisotopic (exact) mass is 357 g/mol.